The van der Waals surface area contributed by atoms with Crippen LogP contribution in [0.15, 0.2) is 116 Å². The first kappa shape index (κ1) is 32.0. The molecule has 6 rings (SSSR count). The number of allylic oxidation sites excluding steroid dienone is 1. The summed E-state index contributed by atoms with van der Waals surface area (Å²) in [7, 11) is 1.58. The zero-order chi connectivity index (χ0) is 33.2. The molecule has 0 unspecified atom stereocenters. The smallest absolute Gasteiger partial charge is 0.283 e. The molecular weight excluding hydrogens is 633 g/mol. The standard InChI is InChI=1S/C36H32N4O5S2/c1-5-38(6-2)35(42)31-22(3)37-36-39(33(31)32-26-15-11-10-12-24(26)17-18-28(32)45-4)34(41)30(47-36)21-23-16-19-29(27(20-23)40(43)44)46-25-13-8-7-9-14-25/h7-21,33H,5-6H2,1-4H3/b30-21-/t33-/m1/s1. The van der Waals surface area contributed by atoms with Crippen LogP contribution in [-0.4, -0.2) is 40.5 Å². The summed E-state index contributed by atoms with van der Waals surface area (Å²) in [6.07, 6.45) is 1.65. The van der Waals surface area contributed by atoms with Gasteiger partial charge in [0.05, 0.1) is 32.7 Å². The molecule has 0 spiro atoms. The minimum atomic E-state index is -0.818. The Balaban J connectivity index is 1.56. The first-order valence-electron chi connectivity index (χ1n) is 15.1. The first-order chi connectivity index (χ1) is 22.7. The number of aromatic nitrogens is 1. The average molecular weight is 665 g/mol. The van der Waals surface area contributed by atoms with Gasteiger partial charge in [0, 0.05) is 29.6 Å². The van der Waals surface area contributed by atoms with Crippen LogP contribution in [0.3, 0.4) is 0 Å². The molecule has 4 aromatic carbocycles. The highest BCUT2D eigenvalue weighted by Gasteiger charge is 2.36. The van der Waals surface area contributed by atoms with Gasteiger partial charge in [-0.2, -0.15) is 0 Å². The number of thiazole rings is 1. The summed E-state index contributed by atoms with van der Waals surface area (Å²) in [6.45, 7) is 6.62. The summed E-state index contributed by atoms with van der Waals surface area (Å²) < 4.78 is 7.78. The molecule has 0 saturated carbocycles. The van der Waals surface area contributed by atoms with Crippen LogP contribution in [0.5, 0.6) is 5.75 Å². The lowest BCUT2D eigenvalue weighted by Gasteiger charge is -2.30. The number of methoxy groups -OCH3 is 1. The maximum absolute atomic E-state index is 14.4. The highest BCUT2D eigenvalue weighted by atomic mass is 32.2. The molecule has 0 N–H and O–H groups in total. The molecule has 2 heterocycles. The van der Waals surface area contributed by atoms with Gasteiger partial charge in [-0.1, -0.05) is 77.7 Å². The number of carbonyl (C=O) groups excluding carboxylic acids is 1. The number of nitrogens with zero attached hydrogens (tertiary/aromatic N) is 4. The van der Waals surface area contributed by atoms with Gasteiger partial charge < -0.3 is 9.64 Å². The zero-order valence-electron chi connectivity index (χ0n) is 26.3. The lowest BCUT2D eigenvalue weighted by atomic mass is 9.90. The maximum Gasteiger partial charge on any atom is 0.283 e. The van der Waals surface area contributed by atoms with Gasteiger partial charge in [-0.15, -0.1) is 0 Å². The third-order valence-corrected chi connectivity index (χ3v) is 10.2. The van der Waals surface area contributed by atoms with E-state index >= 15 is 0 Å². The van der Waals surface area contributed by atoms with Gasteiger partial charge in [-0.05, 0) is 67.4 Å². The minimum Gasteiger partial charge on any atom is -0.496 e. The van der Waals surface area contributed by atoms with E-state index < -0.39 is 11.0 Å². The second-order valence-electron chi connectivity index (χ2n) is 10.9. The number of likely N-dealkylation sites (N-methyl/N-ethyl adjacent to an activating group) is 1. The molecule has 0 fully saturated rings. The summed E-state index contributed by atoms with van der Waals surface area (Å²) in [4.78, 5) is 48.6. The van der Waals surface area contributed by atoms with Crippen LogP contribution in [0.4, 0.5) is 5.69 Å². The summed E-state index contributed by atoms with van der Waals surface area (Å²) in [5.74, 6) is 0.345. The largest absolute Gasteiger partial charge is 0.496 e. The number of carbonyl (C=O) groups is 1. The summed E-state index contributed by atoms with van der Waals surface area (Å²) >= 11 is 2.49. The molecule has 11 heteroatoms. The molecule has 1 aliphatic rings. The van der Waals surface area contributed by atoms with Gasteiger partial charge in [0.2, 0.25) is 0 Å². The quantitative estimate of drug-likeness (QED) is 0.135. The summed E-state index contributed by atoms with van der Waals surface area (Å²) in [5.41, 5.74) is 1.72. The molecule has 0 radical (unpaired) electrons. The van der Waals surface area contributed by atoms with Crippen LogP contribution in [-0.2, 0) is 4.79 Å². The van der Waals surface area contributed by atoms with Crippen molar-refractivity contribution in [1.29, 1.82) is 0 Å². The third-order valence-electron chi connectivity index (χ3n) is 8.18. The van der Waals surface area contributed by atoms with Crippen LogP contribution in [0.1, 0.15) is 37.9 Å². The maximum atomic E-state index is 14.4. The number of hydrogen-bond donors (Lipinski definition) is 0. The molecule has 0 saturated heterocycles. The third kappa shape index (κ3) is 5.99. The normalized spacial score (nSPS) is 14.6. The zero-order valence-corrected chi connectivity index (χ0v) is 27.9. The lowest BCUT2D eigenvalue weighted by Crippen LogP contribution is -2.43. The van der Waals surface area contributed by atoms with Crippen LogP contribution in [0, 0.1) is 10.1 Å². The van der Waals surface area contributed by atoms with Crippen molar-refractivity contribution in [2.24, 2.45) is 4.99 Å². The summed E-state index contributed by atoms with van der Waals surface area (Å²) in [5, 5.41) is 13.9. The van der Waals surface area contributed by atoms with Gasteiger partial charge in [-0.25, -0.2) is 4.99 Å². The van der Waals surface area contributed by atoms with Crippen LogP contribution in [0.25, 0.3) is 16.8 Å². The number of hydrogen-bond acceptors (Lipinski definition) is 8. The van der Waals surface area contributed by atoms with E-state index in [9.17, 15) is 19.7 Å². The molecule has 1 aromatic heterocycles. The van der Waals surface area contributed by atoms with E-state index in [0.717, 1.165) is 15.7 Å². The lowest BCUT2D eigenvalue weighted by molar-refractivity contribution is -0.387. The molecular formula is C36H32N4O5S2. The van der Waals surface area contributed by atoms with Crippen molar-refractivity contribution < 1.29 is 14.5 Å². The van der Waals surface area contributed by atoms with E-state index in [-0.39, 0.29) is 17.2 Å². The van der Waals surface area contributed by atoms with E-state index in [2.05, 4.69) is 0 Å². The topological polar surface area (TPSA) is 107 Å². The van der Waals surface area contributed by atoms with Crippen molar-refractivity contribution in [3.8, 4) is 5.75 Å². The summed E-state index contributed by atoms with van der Waals surface area (Å²) in [6, 6.07) is 25.2. The van der Waals surface area contributed by atoms with Crippen molar-refractivity contribution >= 4 is 51.5 Å². The van der Waals surface area contributed by atoms with E-state index in [1.165, 1.54) is 29.2 Å². The predicted molar refractivity (Wildman–Crippen MR) is 186 cm³/mol. The fourth-order valence-corrected chi connectivity index (χ4v) is 7.87. The Morgan fingerprint density at radius 1 is 1.06 bits per heavy atom. The van der Waals surface area contributed by atoms with Gasteiger partial charge in [0.15, 0.2) is 4.80 Å². The van der Waals surface area contributed by atoms with Crippen molar-refractivity contribution in [2.75, 3.05) is 20.2 Å². The van der Waals surface area contributed by atoms with Gasteiger partial charge in [0.25, 0.3) is 17.2 Å². The predicted octanol–water partition coefficient (Wildman–Crippen LogP) is 6.32. The molecule has 238 valence electrons. The molecule has 0 aliphatic carbocycles. The number of rotatable bonds is 9. The number of benzene rings is 4. The van der Waals surface area contributed by atoms with Crippen molar-refractivity contribution in [3.05, 3.63) is 137 Å². The van der Waals surface area contributed by atoms with Crippen molar-refractivity contribution in [3.63, 3.8) is 0 Å². The Kier molecular flexibility index (Phi) is 9.10. The highest BCUT2D eigenvalue weighted by Crippen LogP contribution is 2.41. The molecule has 5 aromatic rings. The SMILES string of the molecule is CCN(CC)C(=O)C1=C(C)N=c2s/c(=C\c3ccc(Sc4ccccc4)c([N+](=O)[O-])c3)c(=O)n2[C@H]1c1c(OC)ccc2ccccc12. The second-order valence-corrected chi connectivity index (χ2v) is 13.0. The molecule has 1 amide bonds. The molecule has 1 atom stereocenters. The van der Waals surface area contributed by atoms with Gasteiger partial charge in [0.1, 0.15) is 11.8 Å². The second kappa shape index (κ2) is 13.4. The van der Waals surface area contributed by atoms with Crippen LogP contribution in [0.2, 0.25) is 0 Å². The van der Waals surface area contributed by atoms with Crippen LogP contribution >= 0.6 is 23.1 Å². The van der Waals surface area contributed by atoms with E-state index in [4.69, 9.17) is 9.73 Å². The minimum absolute atomic E-state index is 0.0540. The number of ether oxygens (including phenoxy) is 1. The fourth-order valence-electron chi connectivity index (χ4n) is 5.90. The Morgan fingerprint density at radius 2 is 1.79 bits per heavy atom. The Morgan fingerprint density at radius 3 is 2.49 bits per heavy atom. The number of fused-ring (bicyclic) bond motifs is 2. The number of nitro benzene ring substituents is 1. The Labute approximate surface area is 279 Å². The molecule has 1 aliphatic heterocycles. The van der Waals surface area contributed by atoms with E-state index in [1.54, 1.807) is 41.7 Å². The number of amides is 1. The molecule has 47 heavy (non-hydrogen) atoms. The molecule has 9 nitrogen and oxygen atoms in total. The highest BCUT2D eigenvalue weighted by molar-refractivity contribution is 7.99. The number of nitro groups is 1. The van der Waals surface area contributed by atoms with E-state index in [1.807, 2.05) is 80.6 Å². The first-order valence-corrected chi connectivity index (χ1v) is 16.8. The van der Waals surface area contributed by atoms with Crippen LogP contribution < -0.4 is 19.6 Å². The van der Waals surface area contributed by atoms with Gasteiger partial charge in [-0.3, -0.25) is 24.3 Å². The monoisotopic (exact) mass is 664 g/mol. The molecule has 0 bridgehead atoms. The average Bonchev–Trinajstić information content (AvgIpc) is 3.38. The van der Waals surface area contributed by atoms with Crippen molar-refractivity contribution in [2.45, 2.75) is 36.6 Å². The van der Waals surface area contributed by atoms with Crippen molar-refractivity contribution in [1.82, 2.24) is 9.47 Å². The Bertz CT molecular complexity index is 2240. The fraction of sp³-hybridized carbons (Fsp3) is 0.194. The Hall–Kier alpha value is -5.00. The van der Waals surface area contributed by atoms with E-state index in [0.29, 0.717) is 55.5 Å². The van der Waals surface area contributed by atoms with Gasteiger partial charge >= 0.3 is 0 Å².